The van der Waals surface area contributed by atoms with E-state index in [1.807, 2.05) is 30.3 Å². The lowest BCUT2D eigenvalue weighted by Gasteiger charge is -2.37. The number of aliphatic hydroxyl groups is 1. The van der Waals surface area contributed by atoms with Crippen molar-refractivity contribution < 1.29 is 19.1 Å². The number of rotatable bonds is 7. The molecule has 1 heterocycles. The van der Waals surface area contributed by atoms with Gasteiger partial charge >= 0.3 is 0 Å². The molecular formula is C19H22N2O4. The average Bonchev–Trinajstić information content (AvgIpc) is 3.13. The smallest absolute Gasteiger partial charge is 0.287 e. The molecule has 3 rings (SSSR count). The summed E-state index contributed by atoms with van der Waals surface area (Å²) in [7, 11) is 0. The zero-order valence-corrected chi connectivity index (χ0v) is 13.9. The molecule has 0 radical (unpaired) electrons. The fourth-order valence-corrected chi connectivity index (χ4v) is 2.83. The molecule has 1 aliphatic carbocycles. The lowest BCUT2D eigenvalue weighted by Crippen LogP contribution is -2.53. The highest BCUT2D eigenvalue weighted by Crippen LogP contribution is 2.30. The van der Waals surface area contributed by atoms with E-state index >= 15 is 0 Å². The van der Waals surface area contributed by atoms with E-state index in [1.54, 1.807) is 12.1 Å². The molecule has 0 aliphatic heterocycles. The molecule has 0 saturated heterocycles. The molecule has 132 valence electrons. The first-order chi connectivity index (χ1) is 12.1. The van der Waals surface area contributed by atoms with Crippen LogP contribution in [-0.2, 0) is 11.2 Å². The highest BCUT2D eigenvalue weighted by Gasteiger charge is 2.35. The summed E-state index contributed by atoms with van der Waals surface area (Å²) in [6.07, 6.45) is 4.12. The summed E-state index contributed by atoms with van der Waals surface area (Å²) >= 11 is 0. The molecular weight excluding hydrogens is 320 g/mol. The van der Waals surface area contributed by atoms with Gasteiger partial charge in [-0.2, -0.15) is 0 Å². The molecule has 1 aromatic heterocycles. The summed E-state index contributed by atoms with van der Waals surface area (Å²) in [6.45, 7) is 0.202. The Morgan fingerprint density at radius 3 is 2.52 bits per heavy atom. The van der Waals surface area contributed by atoms with Gasteiger partial charge in [-0.3, -0.25) is 9.59 Å². The minimum Gasteiger partial charge on any atom is -0.459 e. The van der Waals surface area contributed by atoms with E-state index in [1.165, 1.54) is 6.26 Å². The number of carbonyl (C=O) groups is 2. The standard InChI is InChI=1S/C19H22N2O4/c22-17(20-13-19(24)9-5-10-19)15(12-14-6-2-1-3-7-14)21-18(23)16-8-4-11-25-16/h1-4,6-8,11,15,24H,5,9-10,12-13H2,(H,20,22)(H,21,23). The highest BCUT2D eigenvalue weighted by molar-refractivity contribution is 5.95. The zero-order valence-electron chi connectivity index (χ0n) is 13.9. The molecule has 25 heavy (non-hydrogen) atoms. The number of nitrogens with one attached hydrogen (secondary N) is 2. The average molecular weight is 342 g/mol. The van der Waals surface area contributed by atoms with Crippen molar-refractivity contribution in [1.82, 2.24) is 10.6 Å². The molecule has 1 aromatic carbocycles. The van der Waals surface area contributed by atoms with Crippen LogP contribution in [0.4, 0.5) is 0 Å². The predicted octanol–water partition coefficient (Wildman–Crippen LogP) is 1.65. The largest absolute Gasteiger partial charge is 0.459 e. The van der Waals surface area contributed by atoms with Crippen LogP contribution >= 0.6 is 0 Å². The molecule has 2 amide bonds. The van der Waals surface area contributed by atoms with Crippen LogP contribution in [0, 0.1) is 0 Å². The number of hydrogen-bond donors (Lipinski definition) is 3. The minimum atomic E-state index is -0.808. The number of furan rings is 1. The van der Waals surface area contributed by atoms with Crippen LogP contribution in [0.25, 0.3) is 0 Å². The van der Waals surface area contributed by atoms with Gasteiger partial charge < -0.3 is 20.2 Å². The molecule has 1 aliphatic rings. The van der Waals surface area contributed by atoms with Crippen molar-refractivity contribution in [2.45, 2.75) is 37.3 Å². The SMILES string of the molecule is O=C(NC(Cc1ccccc1)C(=O)NCC1(O)CCC1)c1ccco1. The van der Waals surface area contributed by atoms with Crippen molar-refractivity contribution >= 4 is 11.8 Å². The van der Waals surface area contributed by atoms with Gasteiger partial charge in [0.2, 0.25) is 5.91 Å². The first kappa shape index (κ1) is 17.2. The lowest BCUT2D eigenvalue weighted by atomic mass is 9.80. The molecule has 0 spiro atoms. The van der Waals surface area contributed by atoms with E-state index in [0.29, 0.717) is 19.3 Å². The zero-order chi connectivity index (χ0) is 17.7. The van der Waals surface area contributed by atoms with Crippen LogP contribution < -0.4 is 10.6 Å². The Labute approximate surface area is 146 Å². The maximum absolute atomic E-state index is 12.6. The van der Waals surface area contributed by atoms with Gasteiger partial charge in [-0.1, -0.05) is 30.3 Å². The molecule has 3 N–H and O–H groups in total. The van der Waals surface area contributed by atoms with Crippen molar-refractivity contribution in [3.05, 3.63) is 60.1 Å². The Balaban J connectivity index is 1.66. The van der Waals surface area contributed by atoms with Crippen LogP contribution in [0.2, 0.25) is 0 Å². The van der Waals surface area contributed by atoms with Crippen molar-refractivity contribution in [2.24, 2.45) is 0 Å². The van der Waals surface area contributed by atoms with Gasteiger partial charge in [0.25, 0.3) is 5.91 Å². The van der Waals surface area contributed by atoms with E-state index in [0.717, 1.165) is 12.0 Å². The molecule has 1 saturated carbocycles. The third kappa shape index (κ3) is 4.48. The molecule has 1 atom stereocenters. The highest BCUT2D eigenvalue weighted by atomic mass is 16.3. The summed E-state index contributed by atoms with van der Waals surface area (Å²) in [6, 6.07) is 11.9. The van der Waals surface area contributed by atoms with Crippen molar-refractivity contribution in [1.29, 1.82) is 0 Å². The fraction of sp³-hybridized carbons (Fsp3) is 0.368. The van der Waals surface area contributed by atoms with Gasteiger partial charge in [0.1, 0.15) is 6.04 Å². The summed E-state index contributed by atoms with van der Waals surface area (Å²) in [5, 5.41) is 15.6. The number of amides is 2. The third-order valence-electron chi connectivity index (χ3n) is 4.53. The topological polar surface area (TPSA) is 91.6 Å². The summed E-state index contributed by atoms with van der Waals surface area (Å²) < 4.78 is 5.08. The quantitative estimate of drug-likeness (QED) is 0.713. The lowest BCUT2D eigenvalue weighted by molar-refractivity contribution is -0.125. The van der Waals surface area contributed by atoms with E-state index < -0.39 is 17.6 Å². The van der Waals surface area contributed by atoms with E-state index in [9.17, 15) is 14.7 Å². The van der Waals surface area contributed by atoms with Crippen LogP contribution in [0.5, 0.6) is 0 Å². The third-order valence-corrected chi connectivity index (χ3v) is 4.53. The second kappa shape index (κ2) is 7.53. The Kier molecular flexibility index (Phi) is 5.19. The molecule has 2 aromatic rings. The van der Waals surface area contributed by atoms with Gasteiger partial charge in [-0.15, -0.1) is 0 Å². The normalized spacial score (nSPS) is 16.5. The summed E-state index contributed by atoms with van der Waals surface area (Å²) in [5.74, 6) is -0.601. The second-order valence-corrected chi connectivity index (χ2v) is 6.49. The first-order valence-electron chi connectivity index (χ1n) is 8.44. The maximum atomic E-state index is 12.6. The van der Waals surface area contributed by atoms with Gasteiger partial charge in [0.15, 0.2) is 5.76 Å². The van der Waals surface area contributed by atoms with E-state index in [-0.39, 0.29) is 18.2 Å². The van der Waals surface area contributed by atoms with Crippen molar-refractivity contribution in [2.75, 3.05) is 6.54 Å². The number of benzene rings is 1. The van der Waals surface area contributed by atoms with Gasteiger partial charge in [-0.05, 0) is 37.0 Å². The molecule has 1 unspecified atom stereocenters. The van der Waals surface area contributed by atoms with Gasteiger partial charge in [-0.25, -0.2) is 0 Å². The summed E-state index contributed by atoms with van der Waals surface area (Å²) in [5.41, 5.74) is 0.127. The van der Waals surface area contributed by atoms with Crippen LogP contribution in [0.3, 0.4) is 0 Å². The van der Waals surface area contributed by atoms with Gasteiger partial charge in [0, 0.05) is 13.0 Å². The Bertz CT molecular complexity index is 708. The van der Waals surface area contributed by atoms with E-state index in [2.05, 4.69) is 10.6 Å². The number of carbonyl (C=O) groups excluding carboxylic acids is 2. The van der Waals surface area contributed by atoms with Crippen LogP contribution in [0.15, 0.2) is 53.1 Å². The van der Waals surface area contributed by atoms with E-state index in [4.69, 9.17) is 4.42 Å². The Morgan fingerprint density at radius 1 is 1.16 bits per heavy atom. The molecule has 1 fully saturated rings. The van der Waals surface area contributed by atoms with Crippen LogP contribution in [0.1, 0.15) is 35.4 Å². The van der Waals surface area contributed by atoms with Crippen molar-refractivity contribution in [3.63, 3.8) is 0 Å². The minimum absolute atomic E-state index is 0.156. The number of hydrogen-bond acceptors (Lipinski definition) is 4. The first-order valence-corrected chi connectivity index (χ1v) is 8.44. The molecule has 6 nitrogen and oxygen atoms in total. The Morgan fingerprint density at radius 2 is 1.92 bits per heavy atom. The maximum Gasteiger partial charge on any atom is 0.287 e. The van der Waals surface area contributed by atoms with Gasteiger partial charge in [0.05, 0.1) is 11.9 Å². The van der Waals surface area contributed by atoms with Crippen LogP contribution in [-0.4, -0.2) is 35.1 Å². The molecule has 6 heteroatoms. The Hall–Kier alpha value is -2.60. The summed E-state index contributed by atoms with van der Waals surface area (Å²) in [4.78, 5) is 24.8. The second-order valence-electron chi connectivity index (χ2n) is 6.49. The predicted molar refractivity (Wildman–Crippen MR) is 91.9 cm³/mol. The fourth-order valence-electron chi connectivity index (χ4n) is 2.83. The molecule has 0 bridgehead atoms. The van der Waals surface area contributed by atoms with Crippen molar-refractivity contribution in [3.8, 4) is 0 Å². The monoisotopic (exact) mass is 342 g/mol.